The van der Waals surface area contributed by atoms with Crippen molar-refractivity contribution in [2.24, 2.45) is 13.0 Å². The maximum absolute atomic E-state index is 12.1. The molecular formula is C20H28N4O2S2. The minimum atomic E-state index is 0.0160. The van der Waals surface area contributed by atoms with Crippen LogP contribution in [0.3, 0.4) is 0 Å². The molecule has 0 saturated carbocycles. The second kappa shape index (κ2) is 8.97. The van der Waals surface area contributed by atoms with Crippen molar-refractivity contribution in [1.82, 2.24) is 20.1 Å². The summed E-state index contributed by atoms with van der Waals surface area (Å²) >= 11 is 3.28. The smallest absolute Gasteiger partial charge is 0.230 e. The number of rotatable bonds is 7. The summed E-state index contributed by atoms with van der Waals surface area (Å²) in [6.07, 6.45) is 7.21. The monoisotopic (exact) mass is 420 g/mol. The molecule has 0 bridgehead atoms. The topological polar surface area (TPSA) is 69.0 Å². The zero-order valence-corrected chi connectivity index (χ0v) is 18.2. The van der Waals surface area contributed by atoms with E-state index >= 15 is 0 Å². The van der Waals surface area contributed by atoms with Crippen LogP contribution in [0.1, 0.15) is 43.0 Å². The lowest BCUT2D eigenvalue weighted by Gasteiger charge is -2.19. The van der Waals surface area contributed by atoms with Gasteiger partial charge in [-0.2, -0.15) is 0 Å². The molecule has 2 aromatic rings. The molecule has 1 aliphatic carbocycles. The van der Waals surface area contributed by atoms with Gasteiger partial charge in [-0.25, -0.2) is 0 Å². The molecule has 1 amide bonds. The number of carbonyl (C=O) groups excluding carboxylic acids is 1. The zero-order chi connectivity index (χ0) is 19.5. The summed E-state index contributed by atoms with van der Waals surface area (Å²) in [6.45, 7) is 3.69. The van der Waals surface area contributed by atoms with E-state index in [2.05, 4.69) is 28.5 Å². The van der Waals surface area contributed by atoms with Gasteiger partial charge in [-0.15, -0.1) is 21.5 Å². The molecule has 4 rings (SSSR count). The predicted molar refractivity (Wildman–Crippen MR) is 113 cm³/mol. The van der Waals surface area contributed by atoms with Gasteiger partial charge in [0, 0.05) is 25.1 Å². The normalized spacial score (nSPS) is 21.6. The molecule has 1 saturated heterocycles. The van der Waals surface area contributed by atoms with E-state index in [1.54, 1.807) is 0 Å². The number of nitrogens with one attached hydrogen (secondary N) is 1. The molecule has 1 fully saturated rings. The highest BCUT2D eigenvalue weighted by atomic mass is 32.2. The molecule has 6 nitrogen and oxygen atoms in total. The molecule has 2 aromatic heterocycles. The third-order valence-electron chi connectivity index (χ3n) is 5.70. The highest BCUT2D eigenvalue weighted by Gasteiger charge is 2.23. The van der Waals surface area contributed by atoms with E-state index in [1.165, 1.54) is 52.8 Å². The highest BCUT2D eigenvalue weighted by Crippen LogP contribution is 2.37. The van der Waals surface area contributed by atoms with Gasteiger partial charge in [0.15, 0.2) is 11.0 Å². The van der Waals surface area contributed by atoms with Gasteiger partial charge >= 0.3 is 0 Å². The molecular weight excluding hydrogens is 392 g/mol. The number of thioether (sulfide) groups is 1. The first kappa shape index (κ1) is 19.9. The van der Waals surface area contributed by atoms with Crippen molar-refractivity contribution >= 4 is 29.0 Å². The van der Waals surface area contributed by atoms with Gasteiger partial charge in [-0.1, -0.05) is 25.1 Å². The fraction of sp³-hybridized carbons (Fsp3) is 0.650. The first-order valence-corrected chi connectivity index (χ1v) is 12.0. The molecule has 0 spiro atoms. The predicted octanol–water partition coefficient (Wildman–Crippen LogP) is 3.45. The molecule has 0 aromatic carbocycles. The summed E-state index contributed by atoms with van der Waals surface area (Å²) in [4.78, 5) is 14.8. The van der Waals surface area contributed by atoms with Crippen LogP contribution < -0.4 is 5.32 Å². The Labute approximate surface area is 174 Å². The number of nitrogens with zero attached hydrogens (tertiary/aromatic N) is 3. The molecule has 152 valence electrons. The van der Waals surface area contributed by atoms with Gasteiger partial charge in [0.05, 0.1) is 16.7 Å². The summed E-state index contributed by atoms with van der Waals surface area (Å²) in [5, 5.41) is 12.5. The van der Waals surface area contributed by atoms with E-state index in [0.717, 1.165) is 36.3 Å². The van der Waals surface area contributed by atoms with E-state index < -0.39 is 0 Å². The van der Waals surface area contributed by atoms with Crippen LogP contribution in [0.5, 0.6) is 0 Å². The maximum atomic E-state index is 12.1. The number of amides is 1. The number of carbonyl (C=O) groups is 1. The van der Waals surface area contributed by atoms with E-state index in [9.17, 15) is 4.79 Å². The number of thiophene rings is 1. The molecule has 2 aliphatic rings. The molecule has 28 heavy (non-hydrogen) atoms. The average Bonchev–Trinajstić information content (AvgIpc) is 3.43. The molecule has 3 heterocycles. The van der Waals surface area contributed by atoms with Gasteiger partial charge in [-0.05, 0) is 49.7 Å². The molecule has 2 atom stereocenters. The molecule has 8 heteroatoms. The van der Waals surface area contributed by atoms with Gasteiger partial charge in [0.25, 0.3) is 0 Å². The Balaban J connectivity index is 1.35. The number of hydrogen-bond acceptors (Lipinski definition) is 6. The number of fused-ring (bicyclic) bond motifs is 1. The minimum Gasteiger partial charge on any atom is -0.376 e. The molecule has 0 radical (unpaired) electrons. The molecule has 1 aliphatic heterocycles. The van der Waals surface area contributed by atoms with Crippen molar-refractivity contribution in [2.75, 3.05) is 18.9 Å². The van der Waals surface area contributed by atoms with Crippen molar-refractivity contribution < 1.29 is 9.53 Å². The van der Waals surface area contributed by atoms with Crippen molar-refractivity contribution in [1.29, 1.82) is 0 Å². The second-order valence-corrected chi connectivity index (χ2v) is 9.75. The van der Waals surface area contributed by atoms with Crippen molar-refractivity contribution in [3.8, 4) is 10.7 Å². The van der Waals surface area contributed by atoms with Gasteiger partial charge < -0.3 is 14.6 Å². The van der Waals surface area contributed by atoms with Crippen LogP contribution in [0.25, 0.3) is 10.7 Å². The SMILES string of the molecule is CCC1CCc2sc(-c3nnc(SCC(=O)NCC4CCCO4)n3C)cc2C1. The number of aromatic nitrogens is 3. The van der Waals surface area contributed by atoms with Gasteiger partial charge in [0.1, 0.15) is 0 Å². The Kier molecular flexibility index (Phi) is 6.38. The summed E-state index contributed by atoms with van der Waals surface area (Å²) in [5.41, 5.74) is 1.49. The Morgan fingerprint density at radius 3 is 3.11 bits per heavy atom. The highest BCUT2D eigenvalue weighted by molar-refractivity contribution is 7.99. The lowest BCUT2D eigenvalue weighted by molar-refractivity contribution is -0.119. The quantitative estimate of drug-likeness (QED) is 0.695. The van der Waals surface area contributed by atoms with Crippen LogP contribution in [0.15, 0.2) is 11.2 Å². The van der Waals surface area contributed by atoms with E-state index in [0.29, 0.717) is 12.3 Å². The molecule has 1 N–H and O–H groups in total. The van der Waals surface area contributed by atoms with Gasteiger partial charge in [0.2, 0.25) is 5.91 Å². The summed E-state index contributed by atoms with van der Waals surface area (Å²) < 4.78 is 7.55. The summed E-state index contributed by atoms with van der Waals surface area (Å²) in [7, 11) is 1.98. The number of ether oxygens (including phenoxy) is 1. The van der Waals surface area contributed by atoms with E-state index in [4.69, 9.17) is 4.74 Å². The van der Waals surface area contributed by atoms with Crippen LogP contribution in [-0.2, 0) is 29.4 Å². The van der Waals surface area contributed by atoms with Crippen LogP contribution >= 0.6 is 23.1 Å². The lowest BCUT2D eigenvalue weighted by atomic mass is 9.87. The maximum Gasteiger partial charge on any atom is 0.230 e. The first-order chi connectivity index (χ1) is 13.6. The first-order valence-electron chi connectivity index (χ1n) is 10.2. The van der Waals surface area contributed by atoms with Crippen LogP contribution in [0.2, 0.25) is 0 Å². The largest absolute Gasteiger partial charge is 0.376 e. The van der Waals surface area contributed by atoms with E-state index in [1.807, 2.05) is 23.0 Å². The van der Waals surface area contributed by atoms with Gasteiger partial charge in [-0.3, -0.25) is 4.79 Å². The Morgan fingerprint density at radius 2 is 2.32 bits per heavy atom. The van der Waals surface area contributed by atoms with Crippen LogP contribution in [0.4, 0.5) is 0 Å². The van der Waals surface area contributed by atoms with Crippen molar-refractivity contribution in [2.45, 2.75) is 56.7 Å². The third-order valence-corrected chi connectivity index (χ3v) is 7.95. The zero-order valence-electron chi connectivity index (χ0n) is 16.6. The Morgan fingerprint density at radius 1 is 1.43 bits per heavy atom. The summed E-state index contributed by atoms with van der Waals surface area (Å²) in [6, 6.07) is 2.30. The Hall–Kier alpha value is -1.38. The fourth-order valence-corrected chi connectivity index (χ4v) is 5.90. The van der Waals surface area contributed by atoms with Crippen molar-refractivity contribution in [3.63, 3.8) is 0 Å². The Bertz CT molecular complexity index is 826. The minimum absolute atomic E-state index is 0.0160. The second-order valence-electron chi connectivity index (χ2n) is 7.67. The fourth-order valence-electron chi connectivity index (χ4n) is 3.93. The standard InChI is InChI=1S/C20H28N4O2S2/c1-3-13-6-7-16-14(9-13)10-17(28-16)19-22-23-20(24(19)2)27-12-18(25)21-11-15-5-4-8-26-15/h10,13,15H,3-9,11-12H2,1-2H3,(H,21,25). The van der Waals surface area contributed by atoms with Crippen molar-refractivity contribution in [3.05, 3.63) is 16.5 Å². The molecule has 2 unspecified atom stereocenters. The number of hydrogen-bond donors (Lipinski definition) is 1. The van der Waals surface area contributed by atoms with E-state index in [-0.39, 0.29) is 12.0 Å². The van der Waals surface area contributed by atoms with Crippen LogP contribution in [-0.4, -0.2) is 45.7 Å². The average molecular weight is 421 g/mol. The summed E-state index contributed by atoms with van der Waals surface area (Å²) in [5.74, 6) is 2.07. The third kappa shape index (κ3) is 4.44. The van der Waals surface area contributed by atoms with Crippen LogP contribution in [0, 0.1) is 5.92 Å². The number of aryl methyl sites for hydroxylation is 1. The lowest BCUT2D eigenvalue weighted by Crippen LogP contribution is -2.32.